The SMILES string of the molecule is CC.Cc1cc2n(n1)CCCN2C. The van der Waals surface area contributed by atoms with Crippen LogP contribution in [0.5, 0.6) is 0 Å². The molecule has 0 amide bonds. The molecular weight excluding hydrogens is 162 g/mol. The van der Waals surface area contributed by atoms with Gasteiger partial charge in [0.05, 0.1) is 5.69 Å². The summed E-state index contributed by atoms with van der Waals surface area (Å²) in [7, 11) is 2.12. The Morgan fingerprint density at radius 1 is 1.31 bits per heavy atom. The molecule has 3 nitrogen and oxygen atoms in total. The summed E-state index contributed by atoms with van der Waals surface area (Å²) < 4.78 is 2.08. The van der Waals surface area contributed by atoms with Crippen LogP contribution in [-0.2, 0) is 6.54 Å². The minimum atomic E-state index is 1.08. The molecule has 0 saturated carbocycles. The van der Waals surface area contributed by atoms with Gasteiger partial charge in [-0.3, -0.25) is 0 Å². The van der Waals surface area contributed by atoms with Gasteiger partial charge < -0.3 is 4.90 Å². The van der Waals surface area contributed by atoms with E-state index in [1.165, 1.54) is 12.2 Å². The first-order valence-corrected chi connectivity index (χ1v) is 5.03. The number of fused-ring (bicyclic) bond motifs is 1. The fourth-order valence-corrected chi connectivity index (χ4v) is 1.58. The summed E-state index contributed by atoms with van der Waals surface area (Å²) in [6.07, 6.45) is 1.21. The molecule has 0 aromatic carbocycles. The Kier molecular flexibility index (Phi) is 3.34. The van der Waals surface area contributed by atoms with Crippen molar-refractivity contribution in [3.05, 3.63) is 11.8 Å². The lowest BCUT2D eigenvalue weighted by Gasteiger charge is -2.24. The largest absolute Gasteiger partial charge is 0.360 e. The Bertz CT molecular complexity index is 265. The van der Waals surface area contributed by atoms with Crippen molar-refractivity contribution in [1.29, 1.82) is 0 Å². The number of rotatable bonds is 0. The maximum atomic E-state index is 4.38. The molecule has 2 rings (SSSR count). The van der Waals surface area contributed by atoms with E-state index in [4.69, 9.17) is 0 Å². The molecule has 0 spiro atoms. The molecule has 3 heteroatoms. The highest BCUT2D eigenvalue weighted by Crippen LogP contribution is 2.19. The van der Waals surface area contributed by atoms with Crippen LogP contribution in [0.1, 0.15) is 26.0 Å². The molecule has 1 aromatic rings. The van der Waals surface area contributed by atoms with Crippen LogP contribution in [-0.4, -0.2) is 23.4 Å². The second-order valence-electron chi connectivity index (χ2n) is 3.14. The Hall–Kier alpha value is -0.990. The van der Waals surface area contributed by atoms with E-state index in [1.807, 2.05) is 20.8 Å². The summed E-state index contributed by atoms with van der Waals surface area (Å²) in [6, 6.07) is 2.14. The fraction of sp³-hybridized carbons (Fsp3) is 0.700. The Balaban J connectivity index is 0.000000396. The van der Waals surface area contributed by atoms with Crippen LogP contribution < -0.4 is 4.90 Å². The average Bonchev–Trinajstić information content (AvgIpc) is 2.51. The monoisotopic (exact) mass is 181 g/mol. The predicted molar refractivity (Wildman–Crippen MR) is 56.2 cm³/mol. The summed E-state index contributed by atoms with van der Waals surface area (Å²) in [4.78, 5) is 2.25. The maximum absolute atomic E-state index is 4.38. The highest BCUT2D eigenvalue weighted by molar-refractivity contribution is 5.40. The summed E-state index contributed by atoms with van der Waals surface area (Å²) >= 11 is 0. The minimum Gasteiger partial charge on any atom is -0.360 e. The predicted octanol–water partition coefficient (Wildman–Crippen LogP) is 2.06. The van der Waals surface area contributed by atoms with Gasteiger partial charge >= 0.3 is 0 Å². The smallest absolute Gasteiger partial charge is 0.126 e. The van der Waals surface area contributed by atoms with Gasteiger partial charge in [0.25, 0.3) is 0 Å². The van der Waals surface area contributed by atoms with Crippen LogP contribution in [0.3, 0.4) is 0 Å². The van der Waals surface area contributed by atoms with Crippen LogP contribution in [0.15, 0.2) is 6.07 Å². The van der Waals surface area contributed by atoms with Crippen LogP contribution >= 0.6 is 0 Å². The molecule has 0 fully saturated rings. The molecule has 0 N–H and O–H groups in total. The standard InChI is InChI=1S/C8H13N3.C2H6/c1-7-6-8-10(2)4-3-5-11(8)9-7;1-2/h6H,3-5H2,1-2H3;1-2H3. The normalized spacial score (nSPS) is 14.6. The van der Waals surface area contributed by atoms with Gasteiger partial charge in [-0.1, -0.05) is 13.8 Å². The van der Waals surface area contributed by atoms with Crippen molar-refractivity contribution in [2.24, 2.45) is 0 Å². The fourth-order valence-electron chi connectivity index (χ4n) is 1.58. The van der Waals surface area contributed by atoms with E-state index in [0.717, 1.165) is 18.8 Å². The van der Waals surface area contributed by atoms with Crippen molar-refractivity contribution < 1.29 is 0 Å². The van der Waals surface area contributed by atoms with Crippen molar-refractivity contribution in [3.63, 3.8) is 0 Å². The summed E-state index contributed by atoms with van der Waals surface area (Å²) in [5.74, 6) is 1.26. The number of anilines is 1. The van der Waals surface area contributed by atoms with E-state index >= 15 is 0 Å². The van der Waals surface area contributed by atoms with Crippen LogP contribution in [0, 0.1) is 6.92 Å². The van der Waals surface area contributed by atoms with E-state index in [0.29, 0.717) is 0 Å². The highest BCUT2D eigenvalue weighted by atomic mass is 15.4. The molecule has 0 saturated heterocycles. The topological polar surface area (TPSA) is 21.1 Å². The Morgan fingerprint density at radius 3 is 2.62 bits per heavy atom. The molecule has 0 bridgehead atoms. The molecule has 0 radical (unpaired) electrons. The van der Waals surface area contributed by atoms with Crippen molar-refractivity contribution in [2.75, 3.05) is 18.5 Å². The maximum Gasteiger partial charge on any atom is 0.126 e. The number of aromatic nitrogens is 2. The van der Waals surface area contributed by atoms with Crippen LogP contribution in [0.25, 0.3) is 0 Å². The Morgan fingerprint density at radius 2 is 2.00 bits per heavy atom. The molecular formula is C10H19N3. The quantitative estimate of drug-likeness (QED) is 0.611. The van der Waals surface area contributed by atoms with E-state index in [9.17, 15) is 0 Å². The molecule has 1 aromatic heterocycles. The molecule has 0 atom stereocenters. The number of nitrogens with zero attached hydrogens (tertiary/aromatic N) is 3. The molecule has 0 unspecified atom stereocenters. The van der Waals surface area contributed by atoms with Gasteiger partial charge in [0.2, 0.25) is 0 Å². The lowest BCUT2D eigenvalue weighted by Crippen LogP contribution is -2.27. The zero-order valence-electron chi connectivity index (χ0n) is 9.04. The van der Waals surface area contributed by atoms with Gasteiger partial charge in [-0.05, 0) is 13.3 Å². The first-order chi connectivity index (χ1) is 6.27. The second-order valence-corrected chi connectivity index (χ2v) is 3.14. The van der Waals surface area contributed by atoms with Gasteiger partial charge in [0, 0.05) is 26.2 Å². The van der Waals surface area contributed by atoms with E-state index in [2.05, 4.69) is 27.8 Å². The molecule has 2 heterocycles. The molecule has 0 aliphatic carbocycles. The number of hydrogen-bond donors (Lipinski definition) is 0. The zero-order chi connectivity index (χ0) is 9.84. The zero-order valence-corrected chi connectivity index (χ0v) is 9.04. The van der Waals surface area contributed by atoms with Crippen LogP contribution in [0.2, 0.25) is 0 Å². The molecule has 1 aliphatic heterocycles. The van der Waals surface area contributed by atoms with Crippen molar-refractivity contribution in [3.8, 4) is 0 Å². The molecule has 74 valence electrons. The van der Waals surface area contributed by atoms with E-state index in [-0.39, 0.29) is 0 Å². The van der Waals surface area contributed by atoms with Gasteiger partial charge in [-0.25, -0.2) is 4.68 Å². The third kappa shape index (κ3) is 2.02. The van der Waals surface area contributed by atoms with Gasteiger partial charge in [0.15, 0.2) is 0 Å². The van der Waals surface area contributed by atoms with Crippen molar-refractivity contribution >= 4 is 5.82 Å². The van der Waals surface area contributed by atoms with E-state index in [1.54, 1.807) is 0 Å². The molecule has 13 heavy (non-hydrogen) atoms. The first kappa shape index (κ1) is 10.1. The first-order valence-electron chi connectivity index (χ1n) is 5.03. The lowest BCUT2D eigenvalue weighted by atomic mass is 10.3. The second kappa shape index (κ2) is 4.30. The van der Waals surface area contributed by atoms with Gasteiger partial charge in [0.1, 0.15) is 5.82 Å². The third-order valence-electron chi connectivity index (χ3n) is 2.14. The number of aryl methyl sites for hydroxylation is 2. The number of hydrogen-bond acceptors (Lipinski definition) is 2. The third-order valence-corrected chi connectivity index (χ3v) is 2.14. The molecule has 1 aliphatic rings. The van der Waals surface area contributed by atoms with Gasteiger partial charge in [-0.15, -0.1) is 0 Å². The lowest BCUT2D eigenvalue weighted by molar-refractivity contribution is 0.531. The van der Waals surface area contributed by atoms with Crippen LogP contribution in [0.4, 0.5) is 5.82 Å². The average molecular weight is 181 g/mol. The van der Waals surface area contributed by atoms with Gasteiger partial charge in [-0.2, -0.15) is 5.10 Å². The van der Waals surface area contributed by atoms with Crippen molar-refractivity contribution in [1.82, 2.24) is 9.78 Å². The van der Waals surface area contributed by atoms with E-state index < -0.39 is 0 Å². The van der Waals surface area contributed by atoms with Crippen molar-refractivity contribution in [2.45, 2.75) is 33.7 Å². The Labute approximate surface area is 80.4 Å². The summed E-state index contributed by atoms with van der Waals surface area (Å²) in [6.45, 7) is 8.28. The highest BCUT2D eigenvalue weighted by Gasteiger charge is 2.13. The minimum absolute atomic E-state index is 1.08. The summed E-state index contributed by atoms with van der Waals surface area (Å²) in [5.41, 5.74) is 1.12. The summed E-state index contributed by atoms with van der Waals surface area (Å²) in [5, 5.41) is 4.38.